The first-order chi connectivity index (χ1) is 38.0. The Kier molecular flexibility index (Phi) is 61.3. The highest BCUT2D eigenvalue weighted by Gasteiger charge is 2.19. The quantitative estimate of drug-likeness (QED) is 0.0261. The summed E-state index contributed by atoms with van der Waals surface area (Å²) in [7, 11) is 0. The average molecular weight is 1070 g/mol. The van der Waals surface area contributed by atoms with Gasteiger partial charge in [-0.15, -0.1) is 0 Å². The molecular formula is C71H120O6. The van der Waals surface area contributed by atoms with Crippen LogP contribution in [0, 0.1) is 0 Å². The summed E-state index contributed by atoms with van der Waals surface area (Å²) in [6.07, 6.45) is 88.2. The fourth-order valence-corrected chi connectivity index (χ4v) is 8.87. The Hall–Kier alpha value is -3.93. The Morgan fingerprint density at radius 1 is 0.273 bits per heavy atom. The van der Waals surface area contributed by atoms with E-state index in [1.807, 2.05) is 0 Å². The van der Waals surface area contributed by atoms with E-state index in [0.29, 0.717) is 19.3 Å². The Bertz CT molecular complexity index is 1560. The molecule has 77 heavy (non-hydrogen) atoms. The Labute approximate surface area is 476 Å². The highest BCUT2D eigenvalue weighted by atomic mass is 16.6. The first-order valence-electron chi connectivity index (χ1n) is 32.4. The molecule has 0 spiro atoms. The minimum absolute atomic E-state index is 0.0853. The van der Waals surface area contributed by atoms with Crippen molar-refractivity contribution in [2.24, 2.45) is 0 Å². The van der Waals surface area contributed by atoms with Crippen molar-refractivity contribution >= 4 is 17.9 Å². The number of esters is 3. The van der Waals surface area contributed by atoms with Gasteiger partial charge >= 0.3 is 17.9 Å². The van der Waals surface area contributed by atoms with Gasteiger partial charge in [0.2, 0.25) is 0 Å². The second kappa shape index (κ2) is 64.6. The molecule has 0 heterocycles. The van der Waals surface area contributed by atoms with E-state index in [0.717, 1.165) is 128 Å². The number of ether oxygens (including phenoxy) is 3. The third-order valence-corrected chi connectivity index (χ3v) is 13.7. The SMILES string of the molecule is CC/C=C\C/C=C\C/C=C\C/C=C\C/C=C\C/C=C\CCCCCCCCCCCCCCCCC(=O)OCC(COC(=O)CCCCCCC/C=C\CCCC)OC(=O)CCCCCCC/C=C\C/C=C\CCCCC. The molecule has 0 bridgehead atoms. The maximum Gasteiger partial charge on any atom is 0.306 e. The van der Waals surface area contributed by atoms with Crippen LogP contribution in [-0.4, -0.2) is 37.2 Å². The van der Waals surface area contributed by atoms with Crippen LogP contribution in [0.2, 0.25) is 0 Å². The van der Waals surface area contributed by atoms with Crippen molar-refractivity contribution in [2.45, 2.75) is 309 Å². The zero-order valence-electron chi connectivity index (χ0n) is 50.4. The highest BCUT2D eigenvalue weighted by molar-refractivity contribution is 5.71. The lowest BCUT2D eigenvalue weighted by atomic mass is 10.0. The predicted molar refractivity (Wildman–Crippen MR) is 334 cm³/mol. The molecule has 0 aliphatic rings. The van der Waals surface area contributed by atoms with Crippen molar-refractivity contribution in [1.82, 2.24) is 0 Å². The second-order valence-corrected chi connectivity index (χ2v) is 21.3. The van der Waals surface area contributed by atoms with E-state index in [9.17, 15) is 14.4 Å². The molecule has 0 rings (SSSR count). The van der Waals surface area contributed by atoms with Crippen LogP contribution in [0.5, 0.6) is 0 Å². The second-order valence-electron chi connectivity index (χ2n) is 21.3. The Morgan fingerprint density at radius 3 is 0.844 bits per heavy atom. The van der Waals surface area contributed by atoms with Gasteiger partial charge in [-0.3, -0.25) is 14.4 Å². The van der Waals surface area contributed by atoms with Crippen LogP contribution >= 0.6 is 0 Å². The molecule has 1 unspecified atom stereocenters. The van der Waals surface area contributed by atoms with E-state index >= 15 is 0 Å². The number of hydrogen-bond acceptors (Lipinski definition) is 6. The van der Waals surface area contributed by atoms with Crippen LogP contribution in [0.1, 0.15) is 303 Å². The van der Waals surface area contributed by atoms with Crippen LogP contribution in [0.3, 0.4) is 0 Å². The summed E-state index contributed by atoms with van der Waals surface area (Å²) in [5, 5.41) is 0. The van der Waals surface area contributed by atoms with Gasteiger partial charge in [-0.25, -0.2) is 0 Å². The molecule has 0 saturated heterocycles. The molecule has 0 N–H and O–H groups in total. The third kappa shape index (κ3) is 62.8. The van der Waals surface area contributed by atoms with Gasteiger partial charge in [-0.05, 0) is 122 Å². The normalized spacial score (nSPS) is 12.8. The van der Waals surface area contributed by atoms with Crippen LogP contribution in [0.15, 0.2) is 109 Å². The van der Waals surface area contributed by atoms with Crippen LogP contribution in [0.4, 0.5) is 0 Å². The summed E-state index contributed by atoms with van der Waals surface area (Å²) in [5.74, 6) is -0.904. The summed E-state index contributed by atoms with van der Waals surface area (Å²) in [4.78, 5) is 38.2. The fourth-order valence-electron chi connectivity index (χ4n) is 8.87. The first-order valence-corrected chi connectivity index (χ1v) is 32.4. The Morgan fingerprint density at radius 2 is 0.519 bits per heavy atom. The lowest BCUT2D eigenvalue weighted by molar-refractivity contribution is -0.167. The monoisotopic (exact) mass is 1070 g/mol. The predicted octanol–water partition coefficient (Wildman–Crippen LogP) is 22.2. The molecule has 0 aromatic carbocycles. The molecule has 0 aliphatic carbocycles. The number of unbranched alkanes of at least 4 members (excludes halogenated alkanes) is 29. The molecular weight excluding hydrogens is 949 g/mol. The standard InChI is InChI=1S/C71H120O6/c1-4-7-10-13-16-19-22-24-26-27-28-29-30-31-32-33-34-35-36-37-38-39-40-41-42-43-45-46-49-52-55-58-61-64-70(73)76-67-68(66-75-69(72)63-60-57-54-51-48-21-18-15-12-9-6-3)77-71(74)65-62-59-56-53-50-47-44-25-23-20-17-14-11-8-5-2/h7,10,15-20,24-26,28-29,31-32,34-35,44,68H,4-6,8-9,11-14,21-23,27,30,33,36-43,45-67H2,1-3H3/b10-7-,18-15-,19-16-,20-17-,26-24-,29-28-,32-31-,35-34-,44-25-. The number of allylic oxidation sites excluding steroid dienone is 18. The average Bonchev–Trinajstić information content (AvgIpc) is 3.43. The summed E-state index contributed by atoms with van der Waals surface area (Å²) in [5.41, 5.74) is 0. The van der Waals surface area contributed by atoms with E-state index in [1.54, 1.807) is 0 Å². The van der Waals surface area contributed by atoms with Gasteiger partial charge in [0.25, 0.3) is 0 Å². The van der Waals surface area contributed by atoms with Gasteiger partial charge in [-0.2, -0.15) is 0 Å². The molecule has 0 amide bonds. The number of carbonyl (C=O) groups is 3. The first kappa shape index (κ1) is 73.1. The van der Waals surface area contributed by atoms with E-state index < -0.39 is 6.10 Å². The minimum Gasteiger partial charge on any atom is -0.462 e. The van der Waals surface area contributed by atoms with E-state index in [1.165, 1.54) is 135 Å². The molecule has 6 heteroatoms. The number of hydrogen-bond donors (Lipinski definition) is 0. The van der Waals surface area contributed by atoms with Crippen molar-refractivity contribution in [3.05, 3.63) is 109 Å². The molecule has 0 radical (unpaired) electrons. The van der Waals surface area contributed by atoms with Gasteiger partial charge in [0.05, 0.1) is 0 Å². The summed E-state index contributed by atoms with van der Waals surface area (Å²) in [6, 6.07) is 0. The zero-order valence-corrected chi connectivity index (χ0v) is 50.4. The van der Waals surface area contributed by atoms with Crippen molar-refractivity contribution in [3.63, 3.8) is 0 Å². The van der Waals surface area contributed by atoms with Crippen molar-refractivity contribution in [3.8, 4) is 0 Å². The largest absolute Gasteiger partial charge is 0.462 e. The molecule has 0 aromatic heterocycles. The van der Waals surface area contributed by atoms with Crippen molar-refractivity contribution < 1.29 is 28.6 Å². The zero-order chi connectivity index (χ0) is 55.7. The van der Waals surface area contributed by atoms with Gasteiger partial charge in [-0.1, -0.05) is 271 Å². The maximum atomic E-state index is 12.9. The van der Waals surface area contributed by atoms with E-state index in [2.05, 4.69) is 130 Å². The third-order valence-electron chi connectivity index (χ3n) is 13.7. The van der Waals surface area contributed by atoms with Crippen molar-refractivity contribution in [2.75, 3.05) is 13.2 Å². The minimum atomic E-state index is -0.789. The molecule has 0 aliphatic heterocycles. The number of rotatable bonds is 58. The molecule has 0 fully saturated rings. The van der Waals surface area contributed by atoms with Crippen LogP contribution in [0.25, 0.3) is 0 Å². The lowest BCUT2D eigenvalue weighted by Gasteiger charge is -2.18. The fraction of sp³-hybridized carbons (Fsp3) is 0.704. The van der Waals surface area contributed by atoms with Crippen LogP contribution < -0.4 is 0 Å². The smallest absolute Gasteiger partial charge is 0.306 e. The van der Waals surface area contributed by atoms with Crippen molar-refractivity contribution in [1.29, 1.82) is 0 Å². The summed E-state index contributed by atoms with van der Waals surface area (Å²) in [6.45, 7) is 6.46. The van der Waals surface area contributed by atoms with Gasteiger partial charge in [0, 0.05) is 19.3 Å². The molecule has 0 saturated carbocycles. The Balaban J connectivity index is 4.16. The summed E-state index contributed by atoms with van der Waals surface area (Å²) >= 11 is 0. The molecule has 0 aromatic rings. The highest BCUT2D eigenvalue weighted by Crippen LogP contribution is 2.16. The van der Waals surface area contributed by atoms with E-state index in [4.69, 9.17) is 14.2 Å². The molecule has 1 atom stereocenters. The van der Waals surface area contributed by atoms with Gasteiger partial charge in [0.1, 0.15) is 13.2 Å². The summed E-state index contributed by atoms with van der Waals surface area (Å²) < 4.78 is 16.9. The van der Waals surface area contributed by atoms with Crippen LogP contribution in [-0.2, 0) is 28.6 Å². The molecule has 6 nitrogen and oxygen atoms in total. The lowest BCUT2D eigenvalue weighted by Crippen LogP contribution is -2.30. The molecule has 440 valence electrons. The maximum absolute atomic E-state index is 12.9. The van der Waals surface area contributed by atoms with Gasteiger partial charge in [0.15, 0.2) is 6.10 Å². The topological polar surface area (TPSA) is 78.9 Å². The van der Waals surface area contributed by atoms with Gasteiger partial charge < -0.3 is 14.2 Å². The number of carbonyl (C=O) groups excluding carboxylic acids is 3. The van der Waals surface area contributed by atoms with E-state index in [-0.39, 0.29) is 31.1 Å².